The van der Waals surface area contributed by atoms with E-state index in [1.807, 2.05) is 6.92 Å². The van der Waals surface area contributed by atoms with Crippen LogP contribution in [0.4, 0.5) is 14.5 Å². The lowest BCUT2D eigenvalue weighted by Gasteiger charge is -2.35. The van der Waals surface area contributed by atoms with E-state index in [9.17, 15) is 26.8 Å². The molecular formula is C34H34F2N4O5S. The van der Waals surface area contributed by atoms with Crippen LogP contribution in [0.1, 0.15) is 52.1 Å². The van der Waals surface area contributed by atoms with Crippen LogP contribution in [0, 0.1) is 11.6 Å². The summed E-state index contributed by atoms with van der Waals surface area (Å²) in [5.74, 6) is -1.58. The van der Waals surface area contributed by atoms with Crippen LogP contribution in [0.15, 0.2) is 65.1 Å². The third-order valence-electron chi connectivity index (χ3n) is 8.81. The zero-order chi connectivity index (χ0) is 32.9. The quantitative estimate of drug-likeness (QED) is 0.229. The molecular weight excluding hydrogens is 614 g/mol. The predicted octanol–water partition coefficient (Wildman–Crippen LogP) is 6.13. The van der Waals surface area contributed by atoms with Crippen LogP contribution in [0.25, 0.3) is 33.2 Å². The Morgan fingerprint density at radius 1 is 1.07 bits per heavy atom. The number of aryl methyl sites for hydroxylation is 1. The minimum atomic E-state index is -3.72. The van der Waals surface area contributed by atoms with Crippen LogP contribution in [0.3, 0.4) is 0 Å². The number of nitrogens with zero attached hydrogens (tertiary/aromatic N) is 3. The van der Waals surface area contributed by atoms with Crippen LogP contribution >= 0.6 is 0 Å². The average molecular weight is 649 g/mol. The molecule has 0 saturated carbocycles. The molecule has 1 atom stereocenters. The fourth-order valence-corrected chi connectivity index (χ4v) is 6.94. The maximum atomic E-state index is 14.6. The largest absolute Gasteiger partial charge is 0.455 e. The number of carbonyl (C=O) groups excluding carboxylic acids is 2. The molecule has 46 heavy (non-hydrogen) atoms. The Hall–Kier alpha value is -4.71. The highest BCUT2D eigenvalue weighted by Gasteiger charge is 2.32. The van der Waals surface area contributed by atoms with Gasteiger partial charge >= 0.3 is 0 Å². The fraction of sp³-hybridized carbons (Fsp3) is 0.294. The molecule has 2 aromatic heterocycles. The van der Waals surface area contributed by atoms with Crippen molar-refractivity contribution in [1.82, 2.24) is 14.8 Å². The first-order chi connectivity index (χ1) is 21.9. The number of piperidine rings is 1. The number of likely N-dealkylation sites (tertiary alicyclic amines) is 1. The first-order valence-electron chi connectivity index (χ1n) is 15.0. The molecule has 6 rings (SSSR count). The van der Waals surface area contributed by atoms with Crippen LogP contribution in [0.2, 0.25) is 0 Å². The Balaban J connectivity index is 1.47. The zero-order valence-corrected chi connectivity index (χ0v) is 26.7. The Morgan fingerprint density at radius 2 is 1.80 bits per heavy atom. The molecule has 1 fully saturated rings. The molecule has 1 aliphatic heterocycles. The molecule has 12 heteroatoms. The number of carbonyl (C=O) groups is 2. The maximum absolute atomic E-state index is 14.6. The van der Waals surface area contributed by atoms with Gasteiger partial charge in [0.05, 0.1) is 23.0 Å². The number of amides is 2. The summed E-state index contributed by atoms with van der Waals surface area (Å²) >= 11 is 0. The average Bonchev–Trinajstić information content (AvgIpc) is 3.62. The molecule has 0 unspecified atom stereocenters. The predicted molar refractivity (Wildman–Crippen MR) is 174 cm³/mol. The summed E-state index contributed by atoms with van der Waals surface area (Å²) in [4.78, 5) is 28.9. The van der Waals surface area contributed by atoms with Crippen LogP contribution < -0.4 is 9.62 Å². The highest BCUT2D eigenvalue weighted by Crippen LogP contribution is 2.42. The molecule has 0 bridgehead atoms. The Morgan fingerprint density at radius 3 is 2.48 bits per heavy atom. The first kappa shape index (κ1) is 31.3. The molecule has 5 aromatic rings. The molecule has 9 nitrogen and oxygen atoms in total. The van der Waals surface area contributed by atoms with Crippen molar-refractivity contribution in [3.63, 3.8) is 0 Å². The molecule has 2 amide bonds. The normalized spacial score (nSPS) is 15.4. The highest BCUT2D eigenvalue weighted by atomic mass is 32.2. The van der Waals surface area contributed by atoms with Crippen molar-refractivity contribution in [2.24, 2.45) is 0 Å². The van der Waals surface area contributed by atoms with Gasteiger partial charge in [-0.25, -0.2) is 17.2 Å². The maximum Gasteiger partial charge on any atom is 0.270 e. The molecule has 0 aliphatic carbocycles. The number of hydrogen-bond acceptors (Lipinski definition) is 5. The number of halogens is 2. The zero-order valence-electron chi connectivity index (χ0n) is 25.9. The van der Waals surface area contributed by atoms with E-state index in [0.717, 1.165) is 6.26 Å². The number of benzene rings is 3. The summed E-state index contributed by atoms with van der Waals surface area (Å²) in [6.07, 6.45) is 2.40. The third-order valence-corrected chi connectivity index (χ3v) is 10.0. The Labute approximate surface area is 265 Å². The second-order valence-corrected chi connectivity index (χ2v) is 13.6. The van der Waals surface area contributed by atoms with E-state index in [1.165, 1.54) is 48.7 Å². The molecule has 0 radical (unpaired) electrons. The van der Waals surface area contributed by atoms with Crippen molar-refractivity contribution in [2.75, 3.05) is 37.7 Å². The van der Waals surface area contributed by atoms with Crippen molar-refractivity contribution < 1.29 is 31.2 Å². The number of fused-ring (bicyclic) bond motifs is 2. The SMILES string of the molecule is CCn1c(C(=O)N2CCC[C@H](c3cc4c(C(=O)NC)c(-c5ccc(F)cc5)oc4cc3N(C)S(C)(=O)=O)C2)cc2c(F)cccc21. The van der Waals surface area contributed by atoms with Gasteiger partial charge in [-0.2, -0.15) is 0 Å². The third kappa shape index (κ3) is 5.40. The number of hydrogen-bond donors (Lipinski definition) is 1. The molecule has 3 aromatic carbocycles. The van der Waals surface area contributed by atoms with Crippen molar-refractivity contribution in [1.29, 1.82) is 0 Å². The van der Waals surface area contributed by atoms with Gasteiger partial charge in [-0.1, -0.05) is 6.07 Å². The van der Waals surface area contributed by atoms with Crippen molar-refractivity contribution in [3.05, 3.63) is 89.1 Å². The molecule has 1 N–H and O–H groups in total. The summed E-state index contributed by atoms with van der Waals surface area (Å²) in [7, 11) is -0.774. The standard InChI is InChI=1S/C34H34F2N4O5S/c1-5-40-27-10-6-9-26(36)24(27)17-29(40)34(42)39-15-7-8-21(19-39)23-16-25-30(18-28(23)38(3)46(4,43)44)45-32(31(25)33(41)37-2)20-11-13-22(35)14-12-20/h6,9-14,16-18,21H,5,7-8,15,19H2,1-4H3,(H,37,41)/t21-/m0/s1. The van der Waals surface area contributed by atoms with Gasteiger partial charge in [-0.3, -0.25) is 13.9 Å². The topological polar surface area (TPSA) is 105 Å². The van der Waals surface area contributed by atoms with Gasteiger partial charge in [0.25, 0.3) is 11.8 Å². The van der Waals surface area contributed by atoms with Crippen molar-refractivity contribution in [2.45, 2.75) is 32.2 Å². The lowest BCUT2D eigenvalue weighted by Crippen LogP contribution is -2.40. The van der Waals surface area contributed by atoms with E-state index in [1.54, 1.807) is 39.8 Å². The van der Waals surface area contributed by atoms with Crippen LogP contribution in [-0.2, 0) is 16.6 Å². The minimum Gasteiger partial charge on any atom is -0.455 e. The van der Waals surface area contributed by atoms with E-state index in [0.29, 0.717) is 64.7 Å². The van der Waals surface area contributed by atoms with E-state index in [2.05, 4.69) is 5.32 Å². The number of furan rings is 1. The van der Waals surface area contributed by atoms with E-state index >= 15 is 0 Å². The summed E-state index contributed by atoms with van der Waals surface area (Å²) < 4.78 is 63.2. The number of aromatic nitrogens is 1. The Kier molecular flexibility index (Phi) is 8.09. The number of rotatable bonds is 7. The molecule has 1 saturated heterocycles. The van der Waals surface area contributed by atoms with Gasteiger partial charge in [-0.15, -0.1) is 0 Å². The first-order valence-corrected chi connectivity index (χ1v) is 16.9. The van der Waals surface area contributed by atoms with Gasteiger partial charge in [0.2, 0.25) is 10.0 Å². The minimum absolute atomic E-state index is 0.222. The number of anilines is 1. The van der Waals surface area contributed by atoms with Gasteiger partial charge < -0.3 is 19.2 Å². The Bertz CT molecular complexity index is 2100. The van der Waals surface area contributed by atoms with Gasteiger partial charge in [-0.05, 0) is 73.9 Å². The molecule has 240 valence electrons. The lowest BCUT2D eigenvalue weighted by atomic mass is 9.88. The van der Waals surface area contributed by atoms with Crippen molar-refractivity contribution >= 4 is 49.4 Å². The van der Waals surface area contributed by atoms with E-state index < -0.39 is 27.6 Å². The van der Waals surface area contributed by atoms with Crippen LogP contribution in [0.5, 0.6) is 0 Å². The number of sulfonamides is 1. The second kappa shape index (κ2) is 11.9. The smallest absolute Gasteiger partial charge is 0.270 e. The summed E-state index contributed by atoms with van der Waals surface area (Å²) in [5, 5.41) is 3.49. The van der Waals surface area contributed by atoms with Crippen molar-refractivity contribution in [3.8, 4) is 11.3 Å². The molecule has 0 spiro atoms. The summed E-state index contributed by atoms with van der Waals surface area (Å²) in [5.41, 5.74) is 3.02. The van der Waals surface area contributed by atoms with Crippen LogP contribution in [-0.4, -0.2) is 63.1 Å². The fourth-order valence-electron chi connectivity index (χ4n) is 6.43. The van der Waals surface area contributed by atoms with E-state index in [4.69, 9.17) is 4.42 Å². The summed E-state index contributed by atoms with van der Waals surface area (Å²) in [6.45, 7) is 3.13. The highest BCUT2D eigenvalue weighted by molar-refractivity contribution is 7.92. The summed E-state index contributed by atoms with van der Waals surface area (Å²) in [6, 6.07) is 15.3. The van der Waals surface area contributed by atoms with E-state index in [-0.39, 0.29) is 35.3 Å². The van der Waals surface area contributed by atoms with Gasteiger partial charge in [0.15, 0.2) is 0 Å². The monoisotopic (exact) mass is 648 g/mol. The van der Waals surface area contributed by atoms with Gasteiger partial charge in [0.1, 0.15) is 28.7 Å². The number of nitrogens with one attached hydrogen (secondary N) is 1. The lowest BCUT2D eigenvalue weighted by molar-refractivity contribution is 0.0696. The second-order valence-electron chi connectivity index (χ2n) is 11.6. The molecule has 3 heterocycles. The van der Waals surface area contributed by atoms with Gasteiger partial charge in [0, 0.05) is 62.0 Å². The molecule has 1 aliphatic rings.